The monoisotopic (exact) mass is 466 g/mol. The van der Waals surface area contributed by atoms with Crippen LogP contribution in [0.1, 0.15) is 37.5 Å². The van der Waals surface area contributed by atoms with Gasteiger partial charge in [-0.3, -0.25) is 9.52 Å². The normalized spacial score (nSPS) is 11.7. The van der Waals surface area contributed by atoms with E-state index in [2.05, 4.69) is 30.8 Å². The molecule has 0 atom stereocenters. The van der Waals surface area contributed by atoms with Crippen LogP contribution in [0.25, 0.3) is 0 Å². The van der Waals surface area contributed by atoms with Crippen molar-refractivity contribution >= 4 is 27.3 Å². The van der Waals surface area contributed by atoms with E-state index in [0.29, 0.717) is 17.1 Å². The number of rotatable bonds is 7. The average molecular weight is 467 g/mol. The van der Waals surface area contributed by atoms with Crippen molar-refractivity contribution < 1.29 is 17.9 Å². The summed E-state index contributed by atoms with van der Waals surface area (Å²) in [6.45, 7) is 9.95. The standard InChI is InChI=1S/C26H30N2O4S/c1-18-7-6-8-19(2)25(18)28-33(30,31)23-15-11-21(12-16-23)27-24(29)17-32-22-13-9-20(10-14-22)26(3,4)5/h6-16,28H,17H2,1-5H3,(H,27,29). The van der Waals surface area contributed by atoms with Crippen molar-refractivity contribution in [3.05, 3.63) is 83.4 Å². The molecule has 2 N–H and O–H groups in total. The van der Waals surface area contributed by atoms with Gasteiger partial charge in [0.25, 0.3) is 15.9 Å². The van der Waals surface area contributed by atoms with Gasteiger partial charge in [0.2, 0.25) is 0 Å². The Morgan fingerprint density at radius 1 is 0.879 bits per heavy atom. The molecule has 7 heteroatoms. The fourth-order valence-electron chi connectivity index (χ4n) is 3.28. The van der Waals surface area contributed by atoms with Gasteiger partial charge in [0.1, 0.15) is 5.75 Å². The van der Waals surface area contributed by atoms with Gasteiger partial charge in [-0.1, -0.05) is 51.1 Å². The SMILES string of the molecule is Cc1cccc(C)c1NS(=O)(=O)c1ccc(NC(=O)COc2ccc(C(C)(C)C)cc2)cc1. The van der Waals surface area contributed by atoms with E-state index in [1.54, 1.807) is 12.1 Å². The molecule has 0 saturated heterocycles. The summed E-state index contributed by atoms with van der Waals surface area (Å²) in [4.78, 5) is 12.4. The van der Waals surface area contributed by atoms with Gasteiger partial charge in [0.15, 0.2) is 6.61 Å². The van der Waals surface area contributed by atoms with Crippen molar-refractivity contribution in [1.29, 1.82) is 0 Å². The van der Waals surface area contributed by atoms with Crippen LogP contribution in [0.2, 0.25) is 0 Å². The number of benzene rings is 3. The molecule has 6 nitrogen and oxygen atoms in total. The maximum absolute atomic E-state index is 12.8. The third-order valence-corrected chi connectivity index (χ3v) is 6.62. The lowest BCUT2D eigenvalue weighted by molar-refractivity contribution is -0.118. The summed E-state index contributed by atoms with van der Waals surface area (Å²) >= 11 is 0. The highest BCUT2D eigenvalue weighted by Gasteiger charge is 2.17. The first-order valence-corrected chi connectivity index (χ1v) is 12.2. The number of sulfonamides is 1. The zero-order valence-corrected chi connectivity index (χ0v) is 20.4. The Morgan fingerprint density at radius 3 is 2.00 bits per heavy atom. The van der Waals surface area contributed by atoms with Crippen LogP contribution < -0.4 is 14.8 Å². The second-order valence-electron chi connectivity index (χ2n) is 9.01. The molecule has 0 unspecified atom stereocenters. The maximum Gasteiger partial charge on any atom is 0.262 e. The summed E-state index contributed by atoms with van der Waals surface area (Å²) in [6.07, 6.45) is 0. The third-order valence-electron chi connectivity index (χ3n) is 5.26. The lowest BCUT2D eigenvalue weighted by atomic mass is 9.87. The van der Waals surface area contributed by atoms with E-state index >= 15 is 0 Å². The van der Waals surface area contributed by atoms with Gasteiger partial charge in [0.05, 0.1) is 10.6 Å². The molecule has 174 valence electrons. The van der Waals surface area contributed by atoms with Crippen LogP contribution in [0.3, 0.4) is 0 Å². The Labute approximate surface area is 196 Å². The van der Waals surface area contributed by atoms with Gasteiger partial charge in [0, 0.05) is 5.69 Å². The molecule has 3 aromatic rings. The van der Waals surface area contributed by atoms with Crippen molar-refractivity contribution in [3.8, 4) is 5.75 Å². The van der Waals surface area contributed by atoms with Crippen molar-refractivity contribution in [3.63, 3.8) is 0 Å². The molecule has 3 rings (SSSR count). The van der Waals surface area contributed by atoms with Gasteiger partial charge in [-0.25, -0.2) is 8.42 Å². The van der Waals surface area contributed by atoms with Gasteiger partial charge >= 0.3 is 0 Å². The molecule has 0 aliphatic rings. The first-order chi connectivity index (χ1) is 15.5. The lowest BCUT2D eigenvalue weighted by Crippen LogP contribution is -2.20. The van der Waals surface area contributed by atoms with Crippen LogP contribution in [0.15, 0.2) is 71.6 Å². The smallest absolute Gasteiger partial charge is 0.262 e. The first-order valence-electron chi connectivity index (χ1n) is 10.7. The van der Waals surface area contributed by atoms with E-state index in [1.165, 1.54) is 17.7 Å². The molecule has 0 bridgehead atoms. The predicted octanol–water partition coefficient (Wildman–Crippen LogP) is 5.42. The van der Waals surface area contributed by atoms with Crippen molar-refractivity contribution in [1.82, 2.24) is 0 Å². The fraction of sp³-hybridized carbons (Fsp3) is 0.269. The van der Waals surface area contributed by atoms with Crippen molar-refractivity contribution in [2.75, 3.05) is 16.6 Å². The number of para-hydroxylation sites is 1. The highest BCUT2D eigenvalue weighted by molar-refractivity contribution is 7.92. The van der Waals surface area contributed by atoms with E-state index < -0.39 is 10.0 Å². The number of amides is 1. The lowest BCUT2D eigenvalue weighted by Gasteiger charge is -2.19. The van der Waals surface area contributed by atoms with E-state index in [-0.39, 0.29) is 22.8 Å². The summed E-state index contributed by atoms with van der Waals surface area (Å²) in [5.74, 6) is 0.274. The molecule has 0 spiro atoms. The summed E-state index contributed by atoms with van der Waals surface area (Å²) in [6, 6.07) is 19.3. The summed E-state index contributed by atoms with van der Waals surface area (Å²) in [5.41, 5.74) is 3.97. The van der Waals surface area contributed by atoms with Crippen molar-refractivity contribution in [2.24, 2.45) is 0 Å². The number of carbonyl (C=O) groups is 1. The zero-order valence-electron chi connectivity index (χ0n) is 19.6. The molecule has 0 fully saturated rings. The van der Waals surface area contributed by atoms with Gasteiger partial charge in [-0.15, -0.1) is 0 Å². The number of carbonyl (C=O) groups excluding carboxylic acids is 1. The minimum atomic E-state index is -3.75. The quantitative estimate of drug-likeness (QED) is 0.487. The Kier molecular flexibility index (Phi) is 7.12. The predicted molar refractivity (Wildman–Crippen MR) is 132 cm³/mol. The largest absolute Gasteiger partial charge is 0.484 e. The van der Waals surface area contributed by atoms with Gasteiger partial charge < -0.3 is 10.1 Å². The third kappa shape index (κ3) is 6.35. The minimum Gasteiger partial charge on any atom is -0.484 e. The molecular weight excluding hydrogens is 436 g/mol. The Hall–Kier alpha value is -3.32. The Morgan fingerprint density at radius 2 is 1.45 bits per heavy atom. The van der Waals surface area contributed by atoms with Crippen LogP contribution >= 0.6 is 0 Å². The molecule has 0 aliphatic heterocycles. The molecule has 1 amide bonds. The van der Waals surface area contributed by atoms with Gasteiger partial charge in [-0.05, 0) is 72.4 Å². The highest BCUT2D eigenvalue weighted by atomic mass is 32.2. The molecule has 0 aromatic heterocycles. The molecule has 0 heterocycles. The number of nitrogens with one attached hydrogen (secondary N) is 2. The van der Waals surface area contributed by atoms with Crippen LogP contribution in [-0.2, 0) is 20.2 Å². The molecule has 3 aromatic carbocycles. The summed E-state index contributed by atoms with van der Waals surface area (Å²) < 4.78 is 33.7. The number of ether oxygens (including phenoxy) is 1. The van der Waals surface area contributed by atoms with E-state index in [0.717, 1.165) is 11.1 Å². The maximum atomic E-state index is 12.8. The van der Waals surface area contributed by atoms with E-state index in [9.17, 15) is 13.2 Å². The van der Waals surface area contributed by atoms with Crippen LogP contribution in [0.4, 0.5) is 11.4 Å². The molecule has 0 saturated carbocycles. The topological polar surface area (TPSA) is 84.5 Å². The Balaban J connectivity index is 1.59. The fourth-order valence-corrected chi connectivity index (χ4v) is 4.49. The molecule has 0 aliphatic carbocycles. The molecule has 33 heavy (non-hydrogen) atoms. The molecular formula is C26H30N2O4S. The van der Waals surface area contributed by atoms with Crippen molar-refractivity contribution in [2.45, 2.75) is 44.9 Å². The van der Waals surface area contributed by atoms with Crippen LogP contribution in [0, 0.1) is 13.8 Å². The number of hydrogen-bond acceptors (Lipinski definition) is 4. The minimum absolute atomic E-state index is 0.0455. The Bertz CT molecular complexity index is 1210. The molecule has 0 radical (unpaired) electrons. The zero-order chi connectivity index (χ0) is 24.2. The highest BCUT2D eigenvalue weighted by Crippen LogP contribution is 2.25. The van der Waals surface area contributed by atoms with E-state index in [1.807, 2.05) is 56.3 Å². The number of aryl methyl sites for hydroxylation is 2. The first kappa shape index (κ1) is 24.3. The van der Waals surface area contributed by atoms with Crippen LogP contribution in [-0.4, -0.2) is 20.9 Å². The second-order valence-corrected chi connectivity index (χ2v) is 10.7. The average Bonchev–Trinajstić information content (AvgIpc) is 2.75. The van der Waals surface area contributed by atoms with Crippen LogP contribution in [0.5, 0.6) is 5.75 Å². The van der Waals surface area contributed by atoms with Gasteiger partial charge in [-0.2, -0.15) is 0 Å². The number of anilines is 2. The van der Waals surface area contributed by atoms with E-state index in [4.69, 9.17) is 4.74 Å². The summed E-state index contributed by atoms with van der Waals surface area (Å²) in [5, 5.41) is 2.72. The second kappa shape index (κ2) is 9.67. The summed E-state index contributed by atoms with van der Waals surface area (Å²) in [7, 11) is -3.75. The number of hydrogen-bond donors (Lipinski definition) is 2.